The second-order valence-electron chi connectivity index (χ2n) is 6.19. The van der Waals surface area contributed by atoms with Gasteiger partial charge in [-0.3, -0.25) is 9.79 Å². The van der Waals surface area contributed by atoms with Crippen molar-refractivity contribution >= 4 is 11.9 Å². The Labute approximate surface area is 128 Å². The van der Waals surface area contributed by atoms with Crippen molar-refractivity contribution in [1.29, 1.82) is 0 Å². The molecule has 0 aliphatic carbocycles. The highest BCUT2D eigenvalue weighted by molar-refractivity contribution is 5.82. The third kappa shape index (κ3) is 10.1. The van der Waals surface area contributed by atoms with Crippen molar-refractivity contribution in [2.45, 2.75) is 41.0 Å². The number of carbonyl (C=O) groups is 1. The van der Waals surface area contributed by atoms with E-state index in [0.29, 0.717) is 18.4 Å². The number of carbonyl (C=O) groups excluding carboxylic acids is 1. The standard InChI is InChI=1S/C15H32N4O2/c1-6-17-14(19-11-15(4,5)13(16)20)18-8-7-9-21-10-12(2)3/h12H,6-11H2,1-5H3,(H2,16,20)(H2,17,18,19). The summed E-state index contributed by atoms with van der Waals surface area (Å²) in [6.07, 6.45) is 0.913. The Bertz CT molecular complexity index is 328. The summed E-state index contributed by atoms with van der Waals surface area (Å²) >= 11 is 0. The molecule has 21 heavy (non-hydrogen) atoms. The van der Waals surface area contributed by atoms with E-state index in [0.717, 1.165) is 32.7 Å². The van der Waals surface area contributed by atoms with Gasteiger partial charge < -0.3 is 21.1 Å². The van der Waals surface area contributed by atoms with Crippen LogP contribution in [0.25, 0.3) is 0 Å². The van der Waals surface area contributed by atoms with Gasteiger partial charge in [0.05, 0.1) is 12.0 Å². The number of rotatable bonds is 10. The molecule has 0 aromatic carbocycles. The van der Waals surface area contributed by atoms with Crippen LogP contribution < -0.4 is 16.4 Å². The molecular weight excluding hydrogens is 268 g/mol. The number of nitrogens with one attached hydrogen (secondary N) is 2. The van der Waals surface area contributed by atoms with Crippen LogP contribution in [0.5, 0.6) is 0 Å². The minimum atomic E-state index is -0.636. The number of ether oxygens (including phenoxy) is 1. The average molecular weight is 300 g/mol. The SMILES string of the molecule is CCNC(=NCC(C)(C)C(N)=O)NCCCOCC(C)C. The Morgan fingerprint density at radius 1 is 1.33 bits per heavy atom. The highest BCUT2D eigenvalue weighted by Crippen LogP contribution is 2.13. The minimum Gasteiger partial charge on any atom is -0.381 e. The van der Waals surface area contributed by atoms with Crippen LogP contribution in [0.1, 0.15) is 41.0 Å². The topological polar surface area (TPSA) is 88.7 Å². The Hall–Kier alpha value is -1.30. The lowest BCUT2D eigenvalue weighted by molar-refractivity contribution is -0.125. The van der Waals surface area contributed by atoms with E-state index in [2.05, 4.69) is 29.5 Å². The summed E-state index contributed by atoms with van der Waals surface area (Å²) in [5.74, 6) is 0.924. The second-order valence-corrected chi connectivity index (χ2v) is 6.19. The average Bonchev–Trinajstić information content (AvgIpc) is 2.39. The number of nitrogens with zero attached hydrogens (tertiary/aromatic N) is 1. The fourth-order valence-electron chi connectivity index (χ4n) is 1.40. The number of guanidine groups is 1. The third-order valence-electron chi connectivity index (χ3n) is 2.85. The number of aliphatic imine (C=N–C) groups is 1. The Morgan fingerprint density at radius 3 is 2.52 bits per heavy atom. The molecule has 124 valence electrons. The lowest BCUT2D eigenvalue weighted by Crippen LogP contribution is -2.40. The van der Waals surface area contributed by atoms with Crippen molar-refractivity contribution < 1.29 is 9.53 Å². The molecule has 6 heteroatoms. The maximum atomic E-state index is 11.3. The molecular formula is C15H32N4O2. The van der Waals surface area contributed by atoms with Gasteiger partial charge in [-0.1, -0.05) is 13.8 Å². The maximum Gasteiger partial charge on any atom is 0.224 e. The van der Waals surface area contributed by atoms with Crippen molar-refractivity contribution in [1.82, 2.24) is 10.6 Å². The zero-order valence-corrected chi connectivity index (χ0v) is 14.2. The normalized spacial score (nSPS) is 12.6. The van der Waals surface area contributed by atoms with Crippen LogP contribution in [0.4, 0.5) is 0 Å². The van der Waals surface area contributed by atoms with Crippen molar-refractivity contribution in [3.8, 4) is 0 Å². The first-order valence-electron chi connectivity index (χ1n) is 7.69. The highest BCUT2D eigenvalue weighted by atomic mass is 16.5. The Balaban J connectivity index is 4.10. The largest absolute Gasteiger partial charge is 0.381 e. The Kier molecular flexibility index (Phi) is 9.78. The quantitative estimate of drug-likeness (QED) is 0.320. The van der Waals surface area contributed by atoms with E-state index >= 15 is 0 Å². The van der Waals surface area contributed by atoms with Crippen LogP contribution >= 0.6 is 0 Å². The van der Waals surface area contributed by atoms with Gasteiger partial charge in [0, 0.05) is 26.3 Å². The summed E-state index contributed by atoms with van der Waals surface area (Å²) in [6, 6.07) is 0. The summed E-state index contributed by atoms with van der Waals surface area (Å²) in [7, 11) is 0. The zero-order chi connectivity index (χ0) is 16.3. The molecule has 1 amide bonds. The molecule has 0 aliphatic heterocycles. The molecule has 0 heterocycles. The van der Waals surface area contributed by atoms with E-state index in [1.807, 2.05) is 6.92 Å². The minimum absolute atomic E-state index is 0.343. The van der Waals surface area contributed by atoms with E-state index in [1.165, 1.54) is 0 Å². The fourth-order valence-corrected chi connectivity index (χ4v) is 1.40. The van der Waals surface area contributed by atoms with Gasteiger partial charge in [0.15, 0.2) is 5.96 Å². The lowest BCUT2D eigenvalue weighted by Gasteiger charge is -2.19. The molecule has 0 atom stereocenters. The van der Waals surface area contributed by atoms with Gasteiger partial charge in [0.1, 0.15) is 0 Å². The molecule has 0 aliphatic rings. The summed E-state index contributed by atoms with van der Waals surface area (Å²) in [5, 5.41) is 6.38. The molecule has 0 aromatic heterocycles. The molecule has 4 N–H and O–H groups in total. The van der Waals surface area contributed by atoms with E-state index in [9.17, 15) is 4.79 Å². The molecule has 0 radical (unpaired) electrons. The summed E-state index contributed by atoms with van der Waals surface area (Å²) in [5.41, 5.74) is 4.71. The van der Waals surface area contributed by atoms with Gasteiger partial charge in [0.2, 0.25) is 5.91 Å². The van der Waals surface area contributed by atoms with Gasteiger partial charge in [-0.2, -0.15) is 0 Å². The van der Waals surface area contributed by atoms with Crippen LogP contribution in [0.3, 0.4) is 0 Å². The van der Waals surface area contributed by atoms with Crippen molar-refractivity contribution in [3.63, 3.8) is 0 Å². The molecule has 0 unspecified atom stereocenters. The summed E-state index contributed by atoms with van der Waals surface area (Å²) < 4.78 is 5.52. The molecule has 0 spiro atoms. The predicted octanol–water partition coefficient (Wildman–Crippen LogP) is 1.12. The van der Waals surface area contributed by atoms with Gasteiger partial charge in [0.25, 0.3) is 0 Å². The molecule has 0 rings (SSSR count). The second kappa shape index (κ2) is 10.4. The van der Waals surface area contributed by atoms with E-state index in [-0.39, 0.29) is 5.91 Å². The first-order valence-corrected chi connectivity index (χ1v) is 7.69. The van der Waals surface area contributed by atoms with Gasteiger partial charge in [-0.05, 0) is 33.1 Å². The van der Waals surface area contributed by atoms with E-state index in [4.69, 9.17) is 10.5 Å². The molecule has 0 bridgehead atoms. The third-order valence-corrected chi connectivity index (χ3v) is 2.85. The number of amides is 1. The summed E-state index contributed by atoms with van der Waals surface area (Å²) in [4.78, 5) is 15.7. The van der Waals surface area contributed by atoms with Gasteiger partial charge >= 0.3 is 0 Å². The number of nitrogens with two attached hydrogens (primary N) is 1. The smallest absolute Gasteiger partial charge is 0.224 e. The van der Waals surface area contributed by atoms with Crippen molar-refractivity contribution in [2.24, 2.45) is 22.1 Å². The maximum absolute atomic E-state index is 11.3. The van der Waals surface area contributed by atoms with Crippen LogP contribution in [0.15, 0.2) is 4.99 Å². The van der Waals surface area contributed by atoms with Crippen molar-refractivity contribution in [2.75, 3.05) is 32.8 Å². The zero-order valence-electron chi connectivity index (χ0n) is 14.2. The first-order chi connectivity index (χ1) is 9.79. The van der Waals surface area contributed by atoms with E-state index < -0.39 is 5.41 Å². The fraction of sp³-hybridized carbons (Fsp3) is 0.867. The molecule has 6 nitrogen and oxygen atoms in total. The number of hydrogen-bond acceptors (Lipinski definition) is 3. The van der Waals surface area contributed by atoms with Crippen LogP contribution in [0, 0.1) is 11.3 Å². The highest BCUT2D eigenvalue weighted by Gasteiger charge is 2.24. The monoisotopic (exact) mass is 300 g/mol. The lowest BCUT2D eigenvalue weighted by atomic mass is 9.93. The Morgan fingerprint density at radius 2 is 2.00 bits per heavy atom. The molecule has 0 fully saturated rings. The molecule has 0 aromatic rings. The number of hydrogen-bond donors (Lipinski definition) is 3. The van der Waals surface area contributed by atoms with E-state index in [1.54, 1.807) is 13.8 Å². The molecule has 0 saturated heterocycles. The first kappa shape index (κ1) is 19.7. The van der Waals surface area contributed by atoms with Crippen LogP contribution in [0.2, 0.25) is 0 Å². The van der Waals surface area contributed by atoms with Crippen LogP contribution in [-0.2, 0) is 9.53 Å². The predicted molar refractivity (Wildman–Crippen MR) is 87.2 cm³/mol. The van der Waals surface area contributed by atoms with Gasteiger partial charge in [-0.25, -0.2) is 0 Å². The van der Waals surface area contributed by atoms with Gasteiger partial charge in [-0.15, -0.1) is 0 Å². The summed E-state index contributed by atoms with van der Waals surface area (Å²) in [6.45, 7) is 13.3. The van der Waals surface area contributed by atoms with Crippen molar-refractivity contribution in [3.05, 3.63) is 0 Å². The van der Waals surface area contributed by atoms with Crippen LogP contribution in [-0.4, -0.2) is 44.7 Å². The number of primary amides is 1. The molecule has 0 saturated carbocycles.